The number of rotatable bonds is 41. The first-order chi connectivity index (χ1) is 28.4. The Morgan fingerprint density at radius 2 is 1.10 bits per heavy atom. The van der Waals surface area contributed by atoms with E-state index in [1.165, 1.54) is 83.5 Å². The van der Waals surface area contributed by atoms with Gasteiger partial charge in [-0.05, 0) is 44.9 Å². The summed E-state index contributed by atoms with van der Waals surface area (Å²) in [5, 5.41) is 10.3. The lowest BCUT2D eigenvalue weighted by atomic mass is 10.0. The van der Waals surface area contributed by atoms with Crippen molar-refractivity contribution in [1.82, 2.24) is 0 Å². The van der Waals surface area contributed by atoms with Gasteiger partial charge in [-0.15, -0.1) is 0 Å². The summed E-state index contributed by atoms with van der Waals surface area (Å²) < 4.78 is 34.2. The molecule has 0 radical (unpaired) electrons. The van der Waals surface area contributed by atoms with Crippen LogP contribution in [0.25, 0.3) is 0 Å². The zero-order valence-electron chi connectivity index (χ0n) is 38.1. The molecule has 0 rings (SSSR count). The van der Waals surface area contributed by atoms with Crippen LogP contribution in [0.1, 0.15) is 174 Å². The van der Waals surface area contributed by atoms with Crippen LogP contribution in [0.5, 0.6) is 0 Å². The van der Waals surface area contributed by atoms with Crippen LogP contribution in [-0.2, 0) is 32.7 Å². The second-order valence-electron chi connectivity index (χ2n) is 16.6. The van der Waals surface area contributed by atoms with Gasteiger partial charge in [0.2, 0.25) is 0 Å². The number of carbonyl (C=O) groups excluding carboxylic acids is 2. The summed E-state index contributed by atoms with van der Waals surface area (Å²) in [6.07, 6.45) is 44.4. The van der Waals surface area contributed by atoms with E-state index in [-0.39, 0.29) is 26.1 Å². The molecule has 2 N–H and O–H groups in total. The molecule has 0 amide bonds. The molecule has 0 fully saturated rings. The van der Waals surface area contributed by atoms with Gasteiger partial charge in [-0.3, -0.25) is 18.6 Å². The molecule has 0 aromatic rings. The summed E-state index contributed by atoms with van der Waals surface area (Å²) in [5.41, 5.74) is 0. The number of hydrogen-bond donors (Lipinski definition) is 2. The zero-order valence-corrected chi connectivity index (χ0v) is 39.0. The molecule has 0 aliphatic heterocycles. The number of quaternary nitrogens is 1. The molecule has 0 heterocycles. The first kappa shape index (κ1) is 56.7. The first-order valence-corrected chi connectivity index (χ1v) is 24.6. The van der Waals surface area contributed by atoms with Crippen LogP contribution in [0.15, 0.2) is 60.8 Å². The highest BCUT2D eigenvalue weighted by Crippen LogP contribution is 2.43. The molecule has 0 aliphatic carbocycles. The second kappa shape index (κ2) is 39.8. The minimum Gasteiger partial charge on any atom is -0.462 e. The predicted molar refractivity (Wildman–Crippen MR) is 244 cm³/mol. The molecule has 342 valence electrons. The predicted octanol–water partition coefficient (Wildman–Crippen LogP) is 12.2. The monoisotopic (exact) mass is 853 g/mol. The van der Waals surface area contributed by atoms with Crippen molar-refractivity contribution in [2.24, 2.45) is 0 Å². The molecule has 0 aliphatic rings. The number of unbranched alkanes of at least 4 members (excludes halogenated alkanes) is 16. The van der Waals surface area contributed by atoms with E-state index in [4.69, 9.17) is 18.5 Å². The van der Waals surface area contributed by atoms with Gasteiger partial charge in [0.05, 0.1) is 33.9 Å². The number of nitrogens with zero attached hydrogens (tertiary/aromatic N) is 1. The van der Waals surface area contributed by atoms with Crippen LogP contribution >= 0.6 is 7.82 Å². The molecular weight excluding hydrogens is 765 g/mol. The van der Waals surface area contributed by atoms with Crippen molar-refractivity contribution >= 4 is 19.8 Å². The fourth-order valence-electron chi connectivity index (χ4n) is 6.04. The van der Waals surface area contributed by atoms with E-state index in [0.717, 1.165) is 44.9 Å². The molecular formula is C48H87NO9P+. The number of carbonyl (C=O) groups is 2. The van der Waals surface area contributed by atoms with E-state index in [0.29, 0.717) is 30.3 Å². The number of ether oxygens (including phenoxy) is 2. The van der Waals surface area contributed by atoms with Gasteiger partial charge in [-0.1, -0.05) is 177 Å². The Morgan fingerprint density at radius 1 is 0.610 bits per heavy atom. The number of esters is 2. The second-order valence-corrected chi connectivity index (χ2v) is 18.1. The van der Waals surface area contributed by atoms with Gasteiger partial charge in [0.15, 0.2) is 6.10 Å². The minimum atomic E-state index is -4.42. The summed E-state index contributed by atoms with van der Waals surface area (Å²) >= 11 is 0. The largest absolute Gasteiger partial charge is 0.472 e. The molecule has 0 aromatic carbocycles. The van der Waals surface area contributed by atoms with Crippen molar-refractivity contribution in [2.75, 3.05) is 47.5 Å². The Bertz CT molecular complexity index is 1210. The van der Waals surface area contributed by atoms with Crippen LogP contribution in [0.4, 0.5) is 0 Å². The molecule has 59 heavy (non-hydrogen) atoms. The molecule has 10 nitrogen and oxygen atoms in total. The normalized spacial score (nSPS) is 14.6. The Balaban J connectivity index is 4.50. The van der Waals surface area contributed by atoms with Crippen molar-refractivity contribution in [3.8, 4) is 0 Å². The van der Waals surface area contributed by atoms with Crippen molar-refractivity contribution in [1.29, 1.82) is 0 Å². The summed E-state index contributed by atoms with van der Waals surface area (Å²) in [7, 11) is 1.37. The van der Waals surface area contributed by atoms with Gasteiger partial charge in [-0.2, -0.15) is 0 Å². The van der Waals surface area contributed by atoms with Gasteiger partial charge in [0, 0.05) is 12.8 Å². The molecule has 0 saturated carbocycles. The summed E-state index contributed by atoms with van der Waals surface area (Å²) in [6, 6.07) is 0. The van der Waals surface area contributed by atoms with Crippen molar-refractivity contribution in [2.45, 2.75) is 187 Å². The van der Waals surface area contributed by atoms with Crippen molar-refractivity contribution < 1.29 is 47.2 Å². The standard InChI is InChI=1S/C48H86NO9P/c1-6-8-10-12-14-16-18-20-21-22-23-25-27-29-31-33-35-39-48(52)58-46(44-57-59(53,54)56-42-41-49(3,4)5)43-55-47(51)40-36-38-45(50)37-34-32-30-28-26-24-19-17-15-13-11-9-7-2/h9,11,15,17,24,26,30,32,34,37,45-46,50H,6-8,10,12-14,16,18-23,25,27-29,31,33,35-36,38-44H2,1-5H3/p+1/b11-9-,17-15-,26-24-,32-30-,37-34+/t45?,46-/m1/s1. The third-order valence-corrected chi connectivity index (χ3v) is 10.7. The third kappa shape index (κ3) is 43.6. The molecule has 0 saturated heterocycles. The van der Waals surface area contributed by atoms with Gasteiger partial charge in [-0.25, -0.2) is 4.57 Å². The molecule has 0 aromatic heterocycles. The number of likely N-dealkylation sites (N-methyl/N-ethyl adjacent to an activating group) is 1. The van der Waals surface area contributed by atoms with Crippen LogP contribution in [-0.4, -0.2) is 86.1 Å². The third-order valence-electron chi connectivity index (χ3n) is 9.67. The van der Waals surface area contributed by atoms with Gasteiger partial charge in [0.25, 0.3) is 0 Å². The topological polar surface area (TPSA) is 129 Å². The van der Waals surface area contributed by atoms with E-state index in [2.05, 4.69) is 50.3 Å². The average molecular weight is 853 g/mol. The zero-order chi connectivity index (χ0) is 43.7. The Hall–Kier alpha value is -2.33. The molecule has 11 heteroatoms. The van der Waals surface area contributed by atoms with Gasteiger partial charge < -0.3 is 24.0 Å². The number of phosphoric ester groups is 1. The summed E-state index contributed by atoms with van der Waals surface area (Å²) in [5.74, 6) is -1.00. The molecule has 0 bridgehead atoms. The van der Waals surface area contributed by atoms with Crippen molar-refractivity contribution in [3.05, 3.63) is 60.8 Å². The van der Waals surface area contributed by atoms with Crippen LogP contribution < -0.4 is 0 Å². The van der Waals surface area contributed by atoms with E-state index in [9.17, 15) is 24.2 Å². The van der Waals surface area contributed by atoms with E-state index in [1.807, 2.05) is 33.3 Å². The smallest absolute Gasteiger partial charge is 0.462 e. The van der Waals surface area contributed by atoms with Crippen LogP contribution in [0.2, 0.25) is 0 Å². The maximum atomic E-state index is 12.7. The van der Waals surface area contributed by atoms with E-state index < -0.39 is 38.6 Å². The summed E-state index contributed by atoms with van der Waals surface area (Å²) in [6.45, 7) is 4.09. The molecule has 3 atom stereocenters. The van der Waals surface area contributed by atoms with Crippen LogP contribution in [0, 0.1) is 0 Å². The lowest BCUT2D eigenvalue weighted by Crippen LogP contribution is -2.37. The highest BCUT2D eigenvalue weighted by atomic mass is 31.2. The fraction of sp³-hybridized carbons (Fsp3) is 0.750. The Kier molecular flexibility index (Phi) is 38.2. The Morgan fingerprint density at radius 3 is 1.63 bits per heavy atom. The first-order valence-electron chi connectivity index (χ1n) is 23.1. The number of allylic oxidation sites excluding steroid dienone is 9. The average Bonchev–Trinajstić information content (AvgIpc) is 3.18. The fourth-order valence-corrected chi connectivity index (χ4v) is 6.78. The highest BCUT2D eigenvalue weighted by molar-refractivity contribution is 7.47. The molecule has 0 spiro atoms. The Labute approximate surface area is 360 Å². The van der Waals surface area contributed by atoms with E-state index >= 15 is 0 Å². The SMILES string of the molecule is CC/C=C\C/C=C\C/C=C\C/C=C\C=C\C(O)CCCC(=O)OC[C@H](COP(=O)(O)OCC[N+](C)(C)C)OC(=O)CCCCCCCCCCCCCCCCCCC. The maximum absolute atomic E-state index is 12.7. The highest BCUT2D eigenvalue weighted by Gasteiger charge is 2.27. The molecule has 2 unspecified atom stereocenters. The van der Waals surface area contributed by atoms with E-state index in [1.54, 1.807) is 12.2 Å². The summed E-state index contributed by atoms with van der Waals surface area (Å²) in [4.78, 5) is 35.4. The lowest BCUT2D eigenvalue weighted by molar-refractivity contribution is -0.870. The van der Waals surface area contributed by atoms with Gasteiger partial charge in [0.1, 0.15) is 19.8 Å². The van der Waals surface area contributed by atoms with Crippen molar-refractivity contribution in [3.63, 3.8) is 0 Å². The maximum Gasteiger partial charge on any atom is 0.472 e. The van der Waals surface area contributed by atoms with Crippen LogP contribution in [0.3, 0.4) is 0 Å². The lowest BCUT2D eigenvalue weighted by Gasteiger charge is -2.24. The number of phosphoric acid groups is 1. The number of aliphatic hydroxyl groups is 1. The number of aliphatic hydroxyl groups excluding tert-OH is 1. The minimum absolute atomic E-state index is 0.000505. The van der Waals surface area contributed by atoms with Gasteiger partial charge >= 0.3 is 19.8 Å². The quantitative estimate of drug-likeness (QED) is 0.0154. The number of hydrogen-bond acceptors (Lipinski definition) is 8.